The van der Waals surface area contributed by atoms with Crippen LogP contribution in [0.1, 0.15) is 44.7 Å². The van der Waals surface area contributed by atoms with E-state index in [-0.39, 0.29) is 19.4 Å². The molecule has 172 valence electrons. The van der Waals surface area contributed by atoms with E-state index in [9.17, 15) is 24.6 Å². The van der Waals surface area contributed by atoms with Gasteiger partial charge >= 0.3 is 18.0 Å². The highest BCUT2D eigenvalue weighted by molar-refractivity contribution is 5.85. The molecule has 0 bridgehead atoms. The number of benzene rings is 2. The van der Waals surface area contributed by atoms with Gasteiger partial charge in [-0.15, -0.1) is 0 Å². The number of hydrogen-bond donors (Lipinski definition) is 3. The monoisotopic (exact) mass is 441 g/mol. The Morgan fingerprint density at radius 3 is 1.91 bits per heavy atom. The van der Waals surface area contributed by atoms with Crippen LogP contribution in [0.3, 0.4) is 0 Å². The quantitative estimate of drug-likeness (QED) is 0.500. The lowest BCUT2D eigenvalue weighted by molar-refractivity contribution is -0.151. The molecule has 2 atom stereocenters. The van der Waals surface area contributed by atoms with Crippen molar-refractivity contribution in [1.82, 2.24) is 5.32 Å². The van der Waals surface area contributed by atoms with E-state index in [0.717, 1.165) is 11.1 Å². The normalized spacial score (nSPS) is 14.1. The van der Waals surface area contributed by atoms with E-state index in [4.69, 9.17) is 4.74 Å². The summed E-state index contributed by atoms with van der Waals surface area (Å²) >= 11 is 0. The van der Waals surface area contributed by atoms with Crippen LogP contribution in [0, 0.1) is 11.3 Å². The number of aryl methyl sites for hydroxylation is 1. The van der Waals surface area contributed by atoms with Crippen LogP contribution in [0.2, 0.25) is 0 Å². The van der Waals surface area contributed by atoms with Gasteiger partial charge in [-0.1, -0.05) is 81.4 Å². The predicted molar refractivity (Wildman–Crippen MR) is 120 cm³/mol. The van der Waals surface area contributed by atoms with Gasteiger partial charge in [0.05, 0.1) is 5.92 Å². The molecule has 1 amide bonds. The van der Waals surface area contributed by atoms with E-state index in [2.05, 4.69) is 5.32 Å². The van der Waals surface area contributed by atoms with Crippen LogP contribution in [0.5, 0.6) is 0 Å². The van der Waals surface area contributed by atoms with E-state index < -0.39 is 34.9 Å². The molecule has 2 aromatic rings. The molecule has 32 heavy (non-hydrogen) atoms. The summed E-state index contributed by atoms with van der Waals surface area (Å²) in [4.78, 5) is 37.1. The first-order chi connectivity index (χ1) is 15.0. The lowest BCUT2D eigenvalue weighted by Crippen LogP contribution is -2.57. The van der Waals surface area contributed by atoms with Crippen molar-refractivity contribution in [3.8, 4) is 0 Å². The molecule has 0 heterocycles. The number of alkyl carbamates (subject to hydrolysis) is 1. The third-order valence-electron chi connectivity index (χ3n) is 5.54. The fourth-order valence-corrected chi connectivity index (χ4v) is 3.53. The number of hydrogen-bond acceptors (Lipinski definition) is 4. The first-order valence-corrected chi connectivity index (χ1v) is 10.5. The van der Waals surface area contributed by atoms with E-state index in [1.54, 1.807) is 45.0 Å². The zero-order valence-corrected chi connectivity index (χ0v) is 18.7. The number of nitrogens with one attached hydrogen (secondary N) is 1. The Labute approximate surface area is 188 Å². The Morgan fingerprint density at radius 1 is 0.906 bits per heavy atom. The summed E-state index contributed by atoms with van der Waals surface area (Å²) in [6.45, 7) is 5.19. The van der Waals surface area contributed by atoms with Gasteiger partial charge < -0.3 is 20.3 Å². The van der Waals surface area contributed by atoms with Crippen molar-refractivity contribution in [2.45, 2.75) is 52.2 Å². The van der Waals surface area contributed by atoms with Crippen LogP contribution in [0.15, 0.2) is 60.7 Å². The third-order valence-corrected chi connectivity index (χ3v) is 5.54. The molecule has 0 aliphatic carbocycles. The molecule has 0 fully saturated rings. The zero-order chi connectivity index (χ0) is 23.8. The van der Waals surface area contributed by atoms with Crippen LogP contribution < -0.4 is 5.32 Å². The van der Waals surface area contributed by atoms with Crippen molar-refractivity contribution in [3.63, 3.8) is 0 Å². The largest absolute Gasteiger partial charge is 0.481 e. The second-order valence-corrected chi connectivity index (χ2v) is 9.02. The van der Waals surface area contributed by atoms with Crippen molar-refractivity contribution in [2.75, 3.05) is 0 Å². The van der Waals surface area contributed by atoms with Gasteiger partial charge in [0.2, 0.25) is 0 Å². The van der Waals surface area contributed by atoms with Gasteiger partial charge in [0.25, 0.3) is 0 Å². The van der Waals surface area contributed by atoms with Crippen molar-refractivity contribution in [3.05, 3.63) is 71.8 Å². The average Bonchev–Trinajstić information content (AvgIpc) is 2.74. The predicted octanol–water partition coefficient (Wildman–Crippen LogP) is 4.51. The minimum absolute atomic E-state index is 0.0205. The van der Waals surface area contributed by atoms with E-state index >= 15 is 0 Å². The van der Waals surface area contributed by atoms with Crippen LogP contribution in [0.4, 0.5) is 4.79 Å². The molecule has 0 saturated carbocycles. The summed E-state index contributed by atoms with van der Waals surface area (Å²) in [5.74, 6) is -3.40. The number of rotatable bonds is 10. The van der Waals surface area contributed by atoms with Gasteiger partial charge in [-0.05, 0) is 35.8 Å². The molecule has 0 aliphatic rings. The standard InChI is InChI=1S/C25H31NO6/c1-24(2,3)20(21(27)28)16-25(22(29)30,15-14-18-10-6-4-7-11-18)26-23(31)32-17-19-12-8-5-9-13-19/h4-13,20H,14-17H2,1-3H3,(H,26,31)(H,27,28)(H,29,30)/t20?,25-/m0/s1. The Bertz CT molecular complexity index is 907. The van der Waals surface area contributed by atoms with Crippen LogP contribution in [-0.2, 0) is 27.4 Å². The lowest BCUT2D eigenvalue weighted by atomic mass is 9.72. The van der Waals surface area contributed by atoms with E-state index in [1.807, 2.05) is 36.4 Å². The maximum Gasteiger partial charge on any atom is 0.408 e. The van der Waals surface area contributed by atoms with Crippen LogP contribution in [0.25, 0.3) is 0 Å². The fourth-order valence-electron chi connectivity index (χ4n) is 3.53. The van der Waals surface area contributed by atoms with E-state index in [1.165, 1.54) is 0 Å². The number of carbonyl (C=O) groups excluding carboxylic acids is 1. The third kappa shape index (κ3) is 7.11. The second-order valence-electron chi connectivity index (χ2n) is 9.02. The van der Waals surface area contributed by atoms with Crippen molar-refractivity contribution < 1.29 is 29.3 Å². The molecule has 7 nitrogen and oxygen atoms in total. The molecule has 2 rings (SSSR count). The Hall–Kier alpha value is -3.35. The molecule has 0 aliphatic heterocycles. The molecule has 0 aromatic heterocycles. The van der Waals surface area contributed by atoms with Crippen LogP contribution >= 0.6 is 0 Å². The van der Waals surface area contributed by atoms with Crippen molar-refractivity contribution >= 4 is 18.0 Å². The summed E-state index contributed by atoms with van der Waals surface area (Å²) < 4.78 is 5.25. The van der Waals surface area contributed by atoms with Gasteiger partial charge in [-0.2, -0.15) is 0 Å². The van der Waals surface area contributed by atoms with Gasteiger partial charge in [0.1, 0.15) is 12.1 Å². The summed E-state index contributed by atoms with van der Waals surface area (Å²) in [5.41, 5.74) is -0.874. The highest BCUT2D eigenvalue weighted by atomic mass is 16.5. The van der Waals surface area contributed by atoms with E-state index in [0.29, 0.717) is 6.42 Å². The molecule has 1 unspecified atom stereocenters. The summed E-state index contributed by atoms with van der Waals surface area (Å²) in [6.07, 6.45) is -0.800. The van der Waals surface area contributed by atoms with Crippen LogP contribution in [-0.4, -0.2) is 33.8 Å². The van der Waals surface area contributed by atoms with Gasteiger partial charge in [-0.25, -0.2) is 9.59 Å². The molecular formula is C25H31NO6. The first kappa shape index (κ1) is 24.9. The highest BCUT2D eigenvalue weighted by Gasteiger charge is 2.47. The minimum atomic E-state index is -1.81. The molecule has 7 heteroatoms. The van der Waals surface area contributed by atoms with Gasteiger partial charge in [0.15, 0.2) is 0 Å². The SMILES string of the molecule is CC(C)(C)C(C[C@](CCc1ccccc1)(NC(=O)OCc1ccccc1)C(=O)O)C(=O)O. The summed E-state index contributed by atoms with van der Waals surface area (Å²) in [5, 5.41) is 22.5. The maximum absolute atomic E-state index is 12.6. The molecule has 2 aromatic carbocycles. The Morgan fingerprint density at radius 2 is 1.44 bits per heavy atom. The Balaban J connectivity index is 2.28. The smallest absolute Gasteiger partial charge is 0.408 e. The zero-order valence-electron chi connectivity index (χ0n) is 18.7. The maximum atomic E-state index is 12.6. The van der Waals surface area contributed by atoms with Gasteiger partial charge in [0, 0.05) is 0 Å². The fraction of sp³-hybridized carbons (Fsp3) is 0.400. The topological polar surface area (TPSA) is 113 Å². The lowest BCUT2D eigenvalue weighted by Gasteiger charge is -2.37. The second kappa shape index (κ2) is 10.8. The molecular weight excluding hydrogens is 410 g/mol. The highest BCUT2D eigenvalue weighted by Crippen LogP contribution is 2.35. The molecule has 3 N–H and O–H groups in total. The number of carboxylic acids is 2. The van der Waals surface area contributed by atoms with Gasteiger partial charge in [-0.3, -0.25) is 4.79 Å². The number of carboxylic acid groups (broad SMARTS) is 2. The summed E-state index contributed by atoms with van der Waals surface area (Å²) in [7, 11) is 0. The molecule has 0 spiro atoms. The number of aliphatic carboxylic acids is 2. The van der Waals surface area contributed by atoms with Crippen molar-refractivity contribution in [2.24, 2.45) is 11.3 Å². The number of amides is 1. The number of carbonyl (C=O) groups is 3. The molecule has 0 saturated heterocycles. The summed E-state index contributed by atoms with van der Waals surface area (Å²) in [6, 6.07) is 18.3. The first-order valence-electron chi connectivity index (χ1n) is 10.5. The van der Waals surface area contributed by atoms with Crippen molar-refractivity contribution in [1.29, 1.82) is 0 Å². The molecule has 0 radical (unpaired) electrons. The minimum Gasteiger partial charge on any atom is -0.481 e. The Kier molecular flexibility index (Phi) is 8.41. The average molecular weight is 442 g/mol. The number of ether oxygens (including phenoxy) is 1.